The van der Waals surface area contributed by atoms with Gasteiger partial charge in [0.05, 0.1) is 17.2 Å². The standard InChI is InChI=1S/C12H21N3/c1-9(2)5-6-12(3)11(14)10(7-13)8-15(12)4/h9H,5-6,8,14H2,1-4H3. The fraction of sp³-hybridized carbons (Fsp3) is 0.750. The van der Waals surface area contributed by atoms with E-state index in [4.69, 9.17) is 11.0 Å². The van der Waals surface area contributed by atoms with E-state index in [1.54, 1.807) is 0 Å². The first-order valence-electron chi connectivity index (χ1n) is 5.52. The number of nitriles is 1. The van der Waals surface area contributed by atoms with Crippen LogP contribution in [0, 0.1) is 17.2 Å². The van der Waals surface area contributed by atoms with Crippen molar-refractivity contribution in [3.8, 4) is 6.07 Å². The van der Waals surface area contributed by atoms with Crippen molar-refractivity contribution >= 4 is 0 Å². The molecule has 0 spiro atoms. The van der Waals surface area contributed by atoms with E-state index in [9.17, 15) is 0 Å². The van der Waals surface area contributed by atoms with Crippen molar-refractivity contribution in [2.45, 2.75) is 39.2 Å². The van der Waals surface area contributed by atoms with E-state index in [-0.39, 0.29) is 5.54 Å². The molecule has 1 aliphatic rings. The second-order valence-electron chi connectivity index (χ2n) is 5.07. The summed E-state index contributed by atoms with van der Waals surface area (Å²) >= 11 is 0. The van der Waals surface area contributed by atoms with E-state index in [0.29, 0.717) is 12.5 Å². The molecule has 0 aromatic heterocycles. The summed E-state index contributed by atoms with van der Waals surface area (Å²) < 4.78 is 0. The molecule has 0 aliphatic carbocycles. The SMILES string of the molecule is CC(C)CCC1(C)C(N)=C(C#N)CN1C. The third-order valence-electron chi connectivity index (χ3n) is 3.49. The van der Waals surface area contributed by atoms with Gasteiger partial charge in [-0.15, -0.1) is 0 Å². The van der Waals surface area contributed by atoms with Crippen molar-refractivity contribution < 1.29 is 0 Å². The van der Waals surface area contributed by atoms with Crippen molar-refractivity contribution in [3.63, 3.8) is 0 Å². The minimum atomic E-state index is -0.116. The lowest BCUT2D eigenvalue weighted by molar-refractivity contribution is 0.190. The zero-order valence-electron chi connectivity index (χ0n) is 10.2. The minimum absolute atomic E-state index is 0.116. The summed E-state index contributed by atoms with van der Waals surface area (Å²) in [6, 6.07) is 2.20. The van der Waals surface area contributed by atoms with Crippen LogP contribution in [0.15, 0.2) is 11.3 Å². The Balaban J connectivity index is 2.83. The molecule has 0 saturated heterocycles. The summed E-state index contributed by atoms with van der Waals surface area (Å²) in [5.74, 6) is 0.675. The Kier molecular flexibility index (Phi) is 3.41. The number of rotatable bonds is 3. The summed E-state index contributed by atoms with van der Waals surface area (Å²) in [7, 11) is 2.04. The maximum absolute atomic E-state index is 8.95. The Hall–Kier alpha value is -1.01. The lowest BCUT2D eigenvalue weighted by Crippen LogP contribution is -2.43. The van der Waals surface area contributed by atoms with Gasteiger partial charge in [-0.25, -0.2) is 0 Å². The second-order valence-corrected chi connectivity index (χ2v) is 5.07. The van der Waals surface area contributed by atoms with Crippen LogP contribution < -0.4 is 5.73 Å². The third-order valence-corrected chi connectivity index (χ3v) is 3.49. The molecule has 0 amide bonds. The molecule has 1 atom stereocenters. The minimum Gasteiger partial charge on any atom is -0.400 e. The van der Waals surface area contributed by atoms with E-state index in [1.165, 1.54) is 0 Å². The molecule has 1 heterocycles. The maximum atomic E-state index is 8.95. The number of likely N-dealkylation sites (N-methyl/N-ethyl adjacent to an activating group) is 1. The van der Waals surface area contributed by atoms with Crippen LogP contribution in [0.4, 0.5) is 0 Å². The lowest BCUT2D eigenvalue weighted by Gasteiger charge is -2.34. The van der Waals surface area contributed by atoms with Gasteiger partial charge in [-0.2, -0.15) is 5.26 Å². The Bertz CT molecular complexity index is 311. The predicted molar refractivity (Wildman–Crippen MR) is 61.9 cm³/mol. The molecule has 2 N–H and O–H groups in total. The van der Waals surface area contributed by atoms with Crippen LogP contribution in [0.25, 0.3) is 0 Å². The molecule has 3 heteroatoms. The van der Waals surface area contributed by atoms with Gasteiger partial charge in [-0.3, -0.25) is 4.90 Å². The molecule has 1 rings (SSSR count). The first kappa shape index (κ1) is 12.1. The molecule has 15 heavy (non-hydrogen) atoms. The zero-order chi connectivity index (χ0) is 11.6. The topological polar surface area (TPSA) is 53.1 Å². The van der Waals surface area contributed by atoms with Gasteiger partial charge in [0.25, 0.3) is 0 Å². The van der Waals surface area contributed by atoms with Gasteiger partial charge < -0.3 is 5.73 Å². The van der Waals surface area contributed by atoms with Crippen molar-refractivity contribution in [1.82, 2.24) is 4.90 Å². The van der Waals surface area contributed by atoms with Crippen molar-refractivity contribution in [3.05, 3.63) is 11.3 Å². The van der Waals surface area contributed by atoms with Gasteiger partial charge in [0.1, 0.15) is 0 Å². The molecule has 0 aromatic rings. The van der Waals surface area contributed by atoms with Gasteiger partial charge in [0, 0.05) is 12.2 Å². The van der Waals surface area contributed by atoms with Gasteiger partial charge in [-0.1, -0.05) is 13.8 Å². The van der Waals surface area contributed by atoms with Gasteiger partial charge in [0.15, 0.2) is 0 Å². The maximum Gasteiger partial charge on any atom is 0.0979 e. The highest BCUT2D eigenvalue weighted by molar-refractivity contribution is 5.39. The molecular weight excluding hydrogens is 186 g/mol. The number of nitrogens with zero attached hydrogens (tertiary/aromatic N) is 2. The van der Waals surface area contributed by atoms with Crippen LogP contribution in [-0.2, 0) is 0 Å². The molecule has 0 aromatic carbocycles. The van der Waals surface area contributed by atoms with E-state index >= 15 is 0 Å². The monoisotopic (exact) mass is 207 g/mol. The van der Waals surface area contributed by atoms with Crippen LogP contribution in [0.1, 0.15) is 33.6 Å². The number of nitrogens with two attached hydrogens (primary N) is 1. The molecule has 3 nitrogen and oxygen atoms in total. The fourth-order valence-corrected chi connectivity index (χ4v) is 2.02. The Labute approximate surface area is 92.6 Å². The Morgan fingerprint density at radius 2 is 2.20 bits per heavy atom. The summed E-state index contributed by atoms with van der Waals surface area (Å²) in [6.07, 6.45) is 2.17. The van der Waals surface area contributed by atoms with Gasteiger partial charge >= 0.3 is 0 Å². The lowest BCUT2D eigenvalue weighted by atomic mass is 9.89. The quantitative estimate of drug-likeness (QED) is 0.768. The summed E-state index contributed by atoms with van der Waals surface area (Å²) in [4.78, 5) is 2.18. The average Bonchev–Trinajstić information content (AvgIpc) is 2.40. The first-order chi connectivity index (χ1) is 6.91. The first-order valence-corrected chi connectivity index (χ1v) is 5.52. The van der Waals surface area contributed by atoms with Crippen molar-refractivity contribution in [2.75, 3.05) is 13.6 Å². The summed E-state index contributed by atoms with van der Waals surface area (Å²) in [5, 5.41) is 8.95. The van der Waals surface area contributed by atoms with Crippen molar-refractivity contribution in [2.24, 2.45) is 11.7 Å². The highest BCUT2D eigenvalue weighted by Gasteiger charge is 2.39. The molecule has 0 saturated carbocycles. The number of hydrogen-bond donors (Lipinski definition) is 1. The molecule has 0 fully saturated rings. The van der Waals surface area contributed by atoms with Crippen LogP contribution in [0.2, 0.25) is 0 Å². The van der Waals surface area contributed by atoms with Gasteiger partial charge in [0.2, 0.25) is 0 Å². The molecule has 1 unspecified atom stereocenters. The molecular formula is C12H21N3. The molecule has 1 aliphatic heterocycles. The normalized spacial score (nSPS) is 27.5. The van der Waals surface area contributed by atoms with Crippen LogP contribution in [-0.4, -0.2) is 24.0 Å². The van der Waals surface area contributed by atoms with E-state index < -0.39 is 0 Å². The van der Waals surface area contributed by atoms with Crippen molar-refractivity contribution in [1.29, 1.82) is 5.26 Å². The Morgan fingerprint density at radius 3 is 2.60 bits per heavy atom. The molecule has 0 radical (unpaired) electrons. The Morgan fingerprint density at radius 1 is 1.60 bits per heavy atom. The largest absolute Gasteiger partial charge is 0.400 e. The highest BCUT2D eigenvalue weighted by atomic mass is 15.2. The van der Waals surface area contributed by atoms with Crippen LogP contribution >= 0.6 is 0 Å². The molecule has 84 valence electrons. The third kappa shape index (κ3) is 2.15. The van der Waals surface area contributed by atoms with Crippen LogP contribution in [0.5, 0.6) is 0 Å². The summed E-state index contributed by atoms with van der Waals surface area (Å²) in [6.45, 7) is 7.25. The predicted octanol–water partition coefficient (Wildman–Crippen LogP) is 1.86. The average molecular weight is 207 g/mol. The second kappa shape index (κ2) is 4.24. The fourth-order valence-electron chi connectivity index (χ4n) is 2.02. The summed E-state index contributed by atoms with van der Waals surface area (Å²) in [5.41, 5.74) is 7.46. The zero-order valence-corrected chi connectivity index (χ0v) is 10.2. The smallest absolute Gasteiger partial charge is 0.0979 e. The van der Waals surface area contributed by atoms with E-state index in [2.05, 4.69) is 31.7 Å². The van der Waals surface area contributed by atoms with E-state index in [1.807, 2.05) is 7.05 Å². The van der Waals surface area contributed by atoms with Crippen LogP contribution in [0.3, 0.4) is 0 Å². The highest BCUT2D eigenvalue weighted by Crippen LogP contribution is 2.34. The van der Waals surface area contributed by atoms with Gasteiger partial charge in [-0.05, 0) is 32.7 Å². The van der Waals surface area contributed by atoms with E-state index in [0.717, 1.165) is 24.1 Å². The molecule has 0 bridgehead atoms. The number of hydrogen-bond acceptors (Lipinski definition) is 3.